The smallest absolute Gasteiger partial charge is 0.00104 e. The molecule has 1 aromatic carbocycles. The van der Waals surface area contributed by atoms with Crippen LogP contribution in [0.4, 0.5) is 0 Å². The standard InChI is InChI=1S/C20H33N/c1-14(2)21-13-19(18-8-6-7-9-18)12-20-16(4)10-15(3)11-17(20)5/h10-11,14,18-19,21H,6-9,12-13H2,1-5H3. The molecule has 2 rings (SSSR count). The summed E-state index contributed by atoms with van der Waals surface area (Å²) in [5.74, 6) is 1.73. The zero-order chi connectivity index (χ0) is 15.4. The molecule has 1 aliphatic rings. The Labute approximate surface area is 131 Å². The van der Waals surface area contributed by atoms with Crippen molar-refractivity contribution in [3.05, 3.63) is 34.4 Å². The van der Waals surface area contributed by atoms with Crippen molar-refractivity contribution in [1.29, 1.82) is 0 Å². The maximum atomic E-state index is 3.69. The normalized spacial score (nSPS) is 17.6. The summed E-state index contributed by atoms with van der Waals surface area (Å²) in [6, 6.07) is 5.29. The highest BCUT2D eigenvalue weighted by molar-refractivity contribution is 5.37. The minimum atomic E-state index is 0.592. The molecule has 0 bridgehead atoms. The van der Waals surface area contributed by atoms with Crippen LogP contribution in [0, 0.1) is 32.6 Å². The average molecular weight is 287 g/mol. The van der Waals surface area contributed by atoms with Crippen LogP contribution in [0.1, 0.15) is 61.8 Å². The molecule has 0 amide bonds. The van der Waals surface area contributed by atoms with E-state index in [0.29, 0.717) is 6.04 Å². The minimum absolute atomic E-state index is 0.592. The van der Waals surface area contributed by atoms with Gasteiger partial charge < -0.3 is 5.32 Å². The van der Waals surface area contributed by atoms with Gasteiger partial charge >= 0.3 is 0 Å². The van der Waals surface area contributed by atoms with E-state index in [0.717, 1.165) is 11.8 Å². The van der Waals surface area contributed by atoms with Gasteiger partial charge in [0.15, 0.2) is 0 Å². The van der Waals surface area contributed by atoms with Crippen LogP contribution in [-0.4, -0.2) is 12.6 Å². The van der Waals surface area contributed by atoms with E-state index in [4.69, 9.17) is 0 Å². The van der Waals surface area contributed by atoms with Crippen LogP contribution >= 0.6 is 0 Å². The predicted molar refractivity (Wildman–Crippen MR) is 92.9 cm³/mol. The fourth-order valence-electron chi connectivity index (χ4n) is 4.02. The van der Waals surface area contributed by atoms with E-state index in [2.05, 4.69) is 52.1 Å². The molecule has 1 unspecified atom stereocenters. The molecule has 1 saturated carbocycles. The summed E-state index contributed by atoms with van der Waals surface area (Å²) in [5, 5.41) is 3.69. The lowest BCUT2D eigenvalue weighted by Crippen LogP contribution is -2.33. The van der Waals surface area contributed by atoms with Gasteiger partial charge in [-0.25, -0.2) is 0 Å². The maximum absolute atomic E-state index is 3.69. The van der Waals surface area contributed by atoms with Crippen molar-refractivity contribution < 1.29 is 0 Å². The fraction of sp³-hybridized carbons (Fsp3) is 0.700. The van der Waals surface area contributed by atoms with Crippen molar-refractivity contribution in [3.63, 3.8) is 0 Å². The highest BCUT2D eigenvalue weighted by Crippen LogP contribution is 2.34. The number of hydrogen-bond donors (Lipinski definition) is 1. The Balaban J connectivity index is 2.13. The minimum Gasteiger partial charge on any atom is -0.314 e. The number of nitrogens with one attached hydrogen (secondary N) is 1. The third-order valence-corrected chi connectivity index (χ3v) is 5.16. The molecule has 0 saturated heterocycles. The first-order valence-corrected chi connectivity index (χ1v) is 8.77. The summed E-state index contributed by atoms with van der Waals surface area (Å²) < 4.78 is 0. The van der Waals surface area contributed by atoms with Gasteiger partial charge in [0, 0.05) is 6.04 Å². The van der Waals surface area contributed by atoms with E-state index in [-0.39, 0.29) is 0 Å². The molecule has 1 fully saturated rings. The van der Waals surface area contributed by atoms with Gasteiger partial charge in [-0.3, -0.25) is 0 Å². The summed E-state index contributed by atoms with van der Waals surface area (Å²) in [4.78, 5) is 0. The topological polar surface area (TPSA) is 12.0 Å². The third-order valence-electron chi connectivity index (χ3n) is 5.16. The molecule has 1 nitrogen and oxygen atoms in total. The van der Waals surface area contributed by atoms with Gasteiger partial charge in [-0.15, -0.1) is 0 Å². The van der Waals surface area contributed by atoms with E-state index in [9.17, 15) is 0 Å². The Kier molecular flexibility index (Phi) is 5.87. The highest BCUT2D eigenvalue weighted by Gasteiger charge is 2.26. The summed E-state index contributed by atoms with van der Waals surface area (Å²) in [6.45, 7) is 12.5. The first kappa shape index (κ1) is 16.5. The van der Waals surface area contributed by atoms with Crippen LogP contribution in [0.25, 0.3) is 0 Å². The van der Waals surface area contributed by atoms with Gasteiger partial charge in [0.2, 0.25) is 0 Å². The van der Waals surface area contributed by atoms with Gasteiger partial charge in [0.1, 0.15) is 0 Å². The molecule has 0 radical (unpaired) electrons. The maximum Gasteiger partial charge on any atom is 0.00104 e. The highest BCUT2D eigenvalue weighted by atomic mass is 14.9. The van der Waals surface area contributed by atoms with Crippen LogP contribution in [0.15, 0.2) is 12.1 Å². The van der Waals surface area contributed by atoms with Crippen LogP contribution in [0.3, 0.4) is 0 Å². The summed E-state index contributed by atoms with van der Waals surface area (Å²) in [7, 11) is 0. The quantitative estimate of drug-likeness (QED) is 0.780. The first-order valence-electron chi connectivity index (χ1n) is 8.77. The molecule has 0 aliphatic heterocycles. The molecule has 21 heavy (non-hydrogen) atoms. The van der Waals surface area contributed by atoms with Gasteiger partial charge in [0.05, 0.1) is 0 Å². The number of hydrogen-bond acceptors (Lipinski definition) is 1. The second kappa shape index (κ2) is 7.45. The molecule has 1 atom stereocenters. The van der Waals surface area contributed by atoms with Crippen LogP contribution in [0.5, 0.6) is 0 Å². The molecule has 0 spiro atoms. The second-order valence-corrected chi connectivity index (χ2v) is 7.45. The van der Waals surface area contributed by atoms with Crippen LogP contribution < -0.4 is 5.32 Å². The third kappa shape index (κ3) is 4.57. The number of rotatable bonds is 6. The van der Waals surface area contributed by atoms with Crippen molar-refractivity contribution in [2.75, 3.05) is 6.54 Å². The first-order chi connectivity index (χ1) is 9.97. The molecule has 1 aliphatic carbocycles. The molecule has 1 aromatic rings. The molecule has 118 valence electrons. The fourth-order valence-corrected chi connectivity index (χ4v) is 4.02. The number of aryl methyl sites for hydroxylation is 3. The summed E-state index contributed by atoms with van der Waals surface area (Å²) >= 11 is 0. The second-order valence-electron chi connectivity index (χ2n) is 7.45. The lowest BCUT2D eigenvalue weighted by atomic mass is 9.82. The number of benzene rings is 1. The van der Waals surface area contributed by atoms with E-state index >= 15 is 0 Å². The Morgan fingerprint density at radius 3 is 2.14 bits per heavy atom. The van der Waals surface area contributed by atoms with Gasteiger partial charge in [-0.05, 0) is 62.3 Å². The lowest BCUT2D eigenvalue weighted by Gasteiger charge is -2.27. The van der Waals surface area contributed by atoms with Crippen molar-refractivity contribution >= 4 is 0 Å². The zero-order valence-corrected chi connectivity index (χ0v) is 14.6. The molecular formula is C20H33N. The van der Waals surface area contributed by atoms with E-state index in [1.165, 1.54) is 55.3 Å². The van der Waals surface area contributed by atoms with Crippen molar-refractivity contribution in [2.45, 2.75) is 72.8 Å². The van der Waals surface area contributed by atoms with E-state index in [1.54, 1.807) is 5.56 Å². The predicted octanol–water partition coefficient (Wildman–Crippen LogP) is 4.96. The van der Waals surface area contributed by atoms with E-state index < -0.39 is 0 Å². The molecular weight excluding hydrogens is 254 g/mol. The summed E-state index contributed by atoms with van der Waals surface area (Å²) in [5.41, 5.74) is 5.97. The van der Waals surface area contributed by atoms with Crippen LogP contribution in [-0.2, 0) is 6.42 Å². The van der Waals surface area contributed by atoms with Gasteiger partial charge in [-0.1, -0.05) is 57.2 Å². The van der Waals surface area contributed by atoms with E-state index in [1.807, 2.05) is 0 Å². The Morgan fingerprint density at radius 1 is 1.05 bits per heavy atom. The largest absolute Gasteiger partial charge is 0.314 e. The monoisotopic (exact) mass is 287 g/mol. The molecule has 1 heteroatoms. The molecule has 0 heterocycles. The lowest BCUT2D eigenvalue weighted by molar-refractivity contribution is 0.312. The van der Waals surface area contributed by atoms with Crippen molar-refractivity contribution in [2.24, 2.45) is 11.8 Å². The van der Waals surface area contributed by atoms with Crippen molar-refractivity contribution in [1.82, 2.24) is 5.32 Å². The van der Waals surface area contributed by atoms with Gasteiger partial charge in [0.25, 0.3) is 0 Å². The Hall–Kier alpha value is -0.820. The van der Waals surface area contributed by atoms with Gasteiger partial charge in [-0.2, -0.15) is 0 Å². The SMILES string of the molecule is Cc1cc(C)c(CC(CNC(C)C)C2CCCC2)c(C)c1. The molecule has 0 aromatic heterocycles. The Morgan fingerprint density at radius 2 is 1.62 bits per heavy atom. The average Bonchev–Trinajstić information content (AvgIpc) is 2.90. The Bertz CT molecular complexity index is 432. The molecule has 1 N–H and O–H groups in total. The zero-order valence-electron chi connectivity index (χ0n) is 14.6. The summed E-state index contributed by atoms with van der Waals surface area (Å²) in [6.07, 6.45) is 7.01. The van der Waals surface area contributed by atoms with Crippen molar-refractivity contribution in [3.8, 4) is 0 Å². The van der Waals surface area contributed by atoms with Crippen LogP contribution in [0.2, 0.25) is 0 Å².